The second-order valence-corrected chi connectivity index (χ2v) is 7.41. The number of aliphatic carboxylic acids is 1. The Labute approximate surface area is 124 Å². The summed E-state index contributed by atoms with van der Waals surface area (Å²) < 4.78 is 5.89. The Kier molecular flexibility index (Phi) is 3.05. The van der Waals surface area contributed by atoms with Gasteiger partial charge in [0.2, 0.25) is 11.8 Å². The number of fused-ring (bicyclic) bond motifs is 1. The van der Waals surface area contributed by atoms with Crippen molar-refractivity contribution >= 4 is 5.97 Å². The number of nitrogens with zero attached hydrogens (tertiary/aromatic N) is 2. The number of hydrogen-bond donors (Lipinski definition) is 1. The lowest BCUT2D eigenvalue weighted by molar-refractivity contribution is -0.139. The Hall–Kier alpha value is -1.39. The molecule has 4 rings (SSSR count). The van der Waals surface area contributed by atoms with E-state index in [0.29, 0.717) is 18.2 Å². The summed E-state index contributed by atoms with van der Waals surface area (Å²) in [6.45, 7) is 0. The molecule has 0 aliphatic heterocycles. The van der Waals surface area contributed by atoms with Crippen LogP contribution in [0.1, 0.15) is 69.1 Å². The second-order valence-electron chi connectivity index (χ2n) is 7.41. The summed E-state index contributed by atoms with van der Waals surface area (Å²) in [6.07, 6.45) is 8.79. The predicted molar refractivity (Wildman–Crippen MR) is 74.7 cm³/mol. The summed E-state index contributed by atoms with van der Waals surface area (Å²) in [5.74, 6) is 2.98. The summed E-state index contributed by atoms with van der Waals surface area (Å²) >= 11 is 0. The number of hydrogen-bond acceptors (Lipinski definition) is 4. The number of carbonyl (C=O) groups is 1. The predicted octanol–water partition coefficient (Wildman–Crippen LogP) is 3.16. The highest BCUT2D eigenvalue weighted by Gasteiger charge is 2.48. The minimum Gasteiger partial charge on any atom is -0.481 e. The van der Waals surface area contributed by atoms with E-state index in [1.807, 2.05) is 0 Å². The van der Waals surface area contributed by atoms with Crippen molar-refractivity contribution in [3.05, 3.63) is 11.8 Å². The quantitative estimate of drug-likeness (QED) is 0.901. The smallest absolute Gasteiger partial charge is 0.303 e. The average molecular weight is 290 g/mol. The van der Waals surface area contributed by atoms with Gasteiger partial charge in [0.05, 0.1) is 6.42 Å². The van der Waals surface area contributed by atoms with E-state index in [9.17, 15) is 4.79 Å². The molecular weight excluding hydrogens is 268 g/mol. The molecule has 1 heterocycles. The second kappa shape index (κ2) is 4.82. The molecule has 2 atom stereocenters. The fraction of sp³-hybridized carbons (Fsp3) is 0.812. The molecule has 0 radical (unpaired) electrons. The van der Waals surface area contributed by atoms with Gasteiger partial charge < -0.3 is 9.52 Å². The lowest BCUT2D eigenvalue weighted by Gasteiger charge is -2.25. The molecule has 3 saturated carbocycles. The third-order valence-electron chi connectivity index (χ3n) is 5.79. The Morgan fingerprint density at radius 3 is 2.57 bits per heavy atom. The van der Waals surface area contributed by atoms with Crippen LogP contribution in [0.15, 0.2) is 4.42 Å². The van der Waals surface area contributed by atoms with Gasteiger partial charge in [0.15, 0.2) is 0 Å². The molecular formula is C16H22N2O3. The van der Waals surface area contributed by atoms with Crippen molar-refractivity contribution in [2.75, 3.05) is 0 Å². The van der Waals surface area contributed by atoms with Gasteiger partial charge in [-0.2, -0.15) is 0 Å². The van der Waals surface area contributed by atoms with Crippen molar-refractivity contribution in [2.45, 2.75) is 63.7 Å². The van der Waals surface area contributed by atoms with E-state index in [4.69, 9.17) is 9.52 Å². The van der Waals surface area contributed by atoms with Crippen LogP contribution in [0.25, 0.3) is 0 Å². The molecule has 2 unspecified atom stereocenters. The molecule has 1 N–H and O–H groups in total. The Morgan fingerprint density at radius 1 is 1.19 bits per heavy atom. The van der Waals surface area contributed by atoms with Crippen LogP contribution in [0.2, 0.25) is 0 Å². The SMILES string of the molecule is O=C(O)CC1(Cc2nnc(C3CC4CC4C3)o2)CCCC1. The van der Waals surface area contributed by atoms with E-state index in [1.165, 1.54) is 19.3 Å². The zero-order chi connectivity index (χ0) is 14.4. The van der Waals surface area contributed by atoms with E-state index in [0.717, 1.165) is 43.4 Å². The van der Waals surface area contributed by atoms with Crippen molar-refractivity contribution in [1.29, 1.82) is 0 Å². The van der Waals surface area contributed by atoms with Crippen LogP contribution in [-0.4, -0.2) is 21.3 Å². The fourth-order valence-electron chi connectivity index (χ4n) is 4.60. The molecule has 0 aromatic carbocycles. The van der Waals surface area contributed by atoms with Crippen molar-refractivity contribution in [3.63, 3.8) is 0 Å². The standard InChI is InChI=1S/C16H22N2O3/c19-14(20)9-16(3-1-2-4-16)8-13-17-18-15(21-13)12-6-10-5-11(10)7-12/h10-12H,1-9H2,(H,19,20). The molecule has 0 amide bonds. The topological polar surface area (TPSA) is 76.2 Å². The van der Waals surface area contributed by atoms with Gasteiger partial charge in [0.25, 0.3) is 0 Å². The van der Waals surface area contributed by atoms with Crippen LogP contribution < -0.4 is 0 Å². The van der Waals surface area contributed by atoms with Crippen LogP contribution in [0, 0.1) is 17.3 Å². The molecule has 3 aliphatic carbocycles. The highest BCUT2D eigenvalue weighted by molar-refractivity contribution is 5.67. The highest BCUT2D eigenvalue weighted by atomic mass is 16.4. The van der Waals surface area contributed by atoms with Gasteiger partial charge in [-0.3, -0.25) is 4.79 Å². The number of rotatable bonds is 5. The molecule has 0 spiro atoms. The first-order valence-corrected chi connectivity index (χ1v) is 8.18. The zero-order valence-electron chi connectivity index (χ0n) is 12.3. The average Bonchev–Trinajstić information content (AvgIpc) is 2.90. The number of carboxylic acid groups (broad SMARTS) is 1. The minimum atomic E-state index is -0.715. The molecule has 0 saturated heterocycles. The van der Waals surface area contributed by atoms with Crippen LogP contribution in [-0.2, 0) is 11.2 Å². The summed E-state index contributed by atoms with van der Waals surface area (Å²) in [5, 5.41) is 17.6. The van der Waals surface area contributed by atoms with E-state index in [2.05, 4.69) is 10.2 Å². The van der Waals surface area contributed by atoms with Gasteiger partial charge in [-0.15, -0.1) is 10.2 Å². The first-order valence-electron chi connectivity index (χ1n) is 8.18. The monoisotopic (exact) mass is 290 g/mol. The van der Waals surface area contributed by atoms with Crippen molar-refractivity contribution < 1.29 is 14.3 Å². The van der Waals surface area contributed by atoms with E-state index < -0.39 is 5.97 Å². The molecule has 3 fully saturated rings. The van der Waals surface area contributed by atoms with Crippen LogP contribution in [0.3, 0.4) is 0 Å². The molecule has 1 aromatic heterocycles. The van der Waals surface area contributed by atoms with Gasteiger partial charge >= 0.3 is 5.97 Å². The number of carboxylic acids is 1. The van der Waals surface area contributed by atoms with Crippen molar-refractivity contribution in [3.8, 4) is 0 Å². The maximum absolute atomic E-state index is 11.1. The van der Waals surface area contributed by atoms with Gasteiger partial charge in [-0.1, -0.05) is 12.8 Å². The molecule has 1 aromatic rings. The normalized spacial score (nSPS) is 33.0. The lowest BCUT2D eigenvalue weighted by atomic mass is 9.79. The van der Waals surface area contributed by atoms with Crippen LogP contribution in [0.4, 0.5) is 0 Å². The molecule has 0 bridgehead atoms. The largest absolute Gasteiger partial charge is 0.481 e. The molecule has 21 heavy (non-hydrogen) atoms. The molecule has 5 heteroatoms. The van der Waals surface area contributed by atoms with E-state index in [1.54, 1.807) is 0 Å². The fourth-order valence-corrected chi connectivity index (χ4v) is 4.60. The summed E-state index contributed by atoms with van der Waals surface area (Å²) in [5.41, 5.74) is -0.159. The van der Waals surface area contributed by atoms with Gasteiger partial charge in [-0.25, -0.2) is 0 Å². The van der Waals surface area contributed by atoms with Gasteiger partial charge in [-0.05, 0) is 49.4 Å². The van der Waals surface area contributed by atoms with Crippen LogP contribution in [0.5, 0.6) is 0 Å². The Balaban J connectivity index is 1.46. The van der Waals surface area contributed by atoms with E-state index >= 15 is 0 Å². The molecule has 3 aliphatic rings. The van der Waals surface area contributed by atoms with Crippen LogP contribution >= 0.6 is 0 Å². The third kappa shape index (κ3) is 2.58. The maximum atomic E-state index is 11.1. The first-order chi connectivity index (χ1) is 10.1. The third-order valence-corrected chi connectivity index (χ3v) is 5.79. The maximum Gasteiger partial charge on any atom is 0.303 e. The highest BCUT2D eigenvalue weighted by Crippen LogP contribution is 2.57. The number of aromatic nitrogens is 2. The summed E-state index contributed by atoms with van der Waals surface area (Å²) in [6, 6.07) is 0. The van der Waals surface area contributed by atoms with Crippen molar-refractivity contribution in [2.24, 2.45) is 17.3 Å². The zero-order valence-corrected chi connectivity index (χ0v) is 12.3. The van der Waals surface area contributed by atoms with Gasteiger partial charge in [0, 0.05) is 12.3 Å². The lowest BCUT2D eigenvalue weighted by Crippen LogP contribution is -2.24. The van der Waals surface area contributed by atoms with Gasteiger partial charge in [0.1, 0.15) is 0 Å². The minimum absolute atomic E-state index is 0.159. The first kappa shape index (κ1) is 13.3. The van der Waals surface area contributed by atoms with E-state index in [-0.39, 0.29) is 11.8 Å². The Bertz CT molecular complexity index is 537. The van der Waals surface area contributed by atoms with Crippen molar-refractivity contribution in [1.82, 2.24) is 10.2 Å². The molecule has 5 nitrogen and oxygen atoms in total. The summed E-state index contributed by atoms with van der Waals surface area (Å²) in [4.78, 5) is 11.1. The summed E-state index contributed by atoms with van der Waals surface area (Å²) in [7, 11) is 0. The Morgan fingerprint density at radius 2 is 1.90 bits per heavy atom. The molecule has 114 valence electrons.